The van der Waals surface area contributed by atoms with Gasteiger partial charge in [0.15, 0.2) is 0 Å². The van der Waals surface area contributed by atoms with Gasteiger partial charge in [0.1, 0.15) is 6.04 Å². The minimum absolute atomic E-state index is 0.166. The first-order valence-electron chi connectivity index (χ1n) is 7.56. The summed E-state index contributed by atoms with van der Waals surface area (Å²) in [4.78, 5) is 26.4. The van der Waals surface area contributed by atoms with E-state index >= 15 is 0 Å². The summed E-state index contributed by atoms with van der Waals surface area (Å²) in [5, 5.41) is 5.51. The van der Waals surface area contributed by atoms with Crippen LogP contribution in [0.4, 0.5) is 16.2 Å². The van der Waals surface area contributed by atoms with E-state index in [2.05, 4.69) is 10.6 Å². The van der Waals surface area contributed by atoms with E-state index in [0.717, 1.165) is 16.8 Å². The Morgan fingerprint density at radius 3 is 2.48 bits per heavy atom. The predicted molar refractivity (Wildman–Crippen MR) is 90.7 cm³/mol. The number of fused-ring (bicyclic) bond motifs is 1. The number of anilines is 2. The van der Waals surface area contributed by atoms with Crippen LogP contribution in [-0.4, -0.2) is 25.0 Å². The normalized spacial score (nSPS) is 15.9. The van der Waals surface area contributed by atoms with E-state index in [-0.39, 0.29) is 11.9 Å². The van der Waals surface area contributed by atoms with Crippen molar-refractivity contribution in [2.45, 2.75) is 19.4 Å². The molecule has 0 fully saturated rings. The van der Waals surface area contributed by atoms with Crippen molar-refractivity contribution in [1.82, 2.24) is 5.32 Å². The second kappa shape index (κ2) is 6.12. The molecule has 5 nitrogen and oxygen atoms in total. The van der Waals surface area contributed by atoms with E-state index in [4.69, 9.17) is 0 Å². The predicted octanol–water partition coefficient (Wildman–Crippen LogP) is 2.70. The number of nitrogens with zero attached hydrogens (tertiary/aromatic N) is 1. The number of carbonyl (C=O) groups excluding carboxylic acids is 2. The molecule has 0 unspecified atom stereocenters. The molecule has 1 aliphatic heterocycles. The number of nitrogens with one attached hydrogen (secondary N) is 2. The number of rotatable bonds is 2. The summed E-state index contributed by atoms with van der Waals surface area (Å²) in [7, 11) is 1.58. The van der Waals surface area contributed by atoms with E-state index in [1.807, 2.05) is 55.5 Å². The molecule has 0 aromatic heterocycles. The Kier molecular flexibility index (Phi) is 4.02. The Balaban J connectivity index is 1.89. The van der Waals surface area contributed by atoms with Crippen molar-refractivity contribution >= 4 is 23.3 Å². The van der Waals surface area contributed by atoms with Gasteiger partial charge in [0, 0.05) is 24.8 Å². The maximum absolute atomic E-state index is 12.7. The minimum Gasteiger partial charge on any atom is -0.357 e. The van der Waals surface area contributed by atoms with Crippen LogP contribution in [0, 0.1) is 6.92 Å². The van der Waals surface area contributed by atoms with Gasteiger partial charge in [-0.3, -0.25) is 9.69 Å². The van der Waals surface area contributed by atoms with Crippen LogP contribution in [0.3, 0.4) is 0 Å². The van der Waals surface area contributed by atoms with Gasteiger partial charge in [0.2, 0.25) is 5.91 Å². The average molecular weight is 309 g/mol. The Bertz CT molecular complexity index is 740. The van der Waals surface area contributed by atoms with Gasteiger partial charge in [-0.2, -0.15) is 0 Å². The Labute approximate surface area is 135 Å². The summed E-state index contributed by atoms with van der Waals surface area (Å²) < 4.78 is 0. The molecule has 0 saturated carbocycles. The van der Waals surface area contributed by atoms with Gasteiger partial charge in [-0.1, -0.05) is 35.9 Å². The zero-order chi connectivity index (χ0) is 16.4. The standard InChI is InChI=1S/C18H19N3O2/c1-12-7-9-14(10-8-12)20-18(23)21-15-6-4-3-5-13(15)11-16(21)17(22)19-2/h3-10,16H,11H2,1-2H3,(H,19,22)(H,20,23)/t16-/m1/s1. The number of urea groups is 1. The largest absolute Gasteiger partial charge is 0.357 e. The first kappa shape index (κ1) is 15.1. The number of carbonyl (C=O) groups is 2. The van der Waals surface area contributed by atoms with Crippen molar-refractivity contribution in [3.63, 3.8) is 0 Å². The van der Waals surface area contributed by atoms with Crippen LogP contribution in [0.15, 0.2) is 48.5 Å². The lowest BCUT2D eigenvalue weighted by Crippen LogP contribution is -2.48. The lowest BCUT2D eigenvalue weighted by molar-refractivity contribution is -0.121. The second-order valence-electron chi connectivity index (χ2n) is 5.63. The fourth-order valence-electron chi connectivity index (χ4n) is 2.83. The van der Waals surface area contributed by atoms with Gasteiger partial charge < -0.3 is 10.6 Å². The molecule has 23 heavy (non-hydrogen) atoms. The van der Waals surface area contributed by atoms with E-state index in [1.54, 1.807) is 7.05 Å². The Morgan fingerprint density at radius 2 is 1.78 bits per heavy atom. The molecule has 1 atom stereocenters. The quantitative estimate of drug-likeness (QED) is 0.896. The Morgan fingerprint density at radius 1 is 1.09 bits per heavy atom. The number of amides is 3. The molecular formula is C18H19N3O2. The number of benzene rings is 2. The first-order chi connectivity index (χ1) is 11.1. The molecule has 0 spiro atoms. The molecule has 0 saturated heterocycles. The molecule has 5 heteroatoms. The highest BCUT2D eigenvalue weighted by Gasteiger charge is 2.37. The maximum atomic E-state index is 12.7. The van der Waals surface area contributed by atoms with Crippen LogP contribution < -0.4 is 15.5 Å². The molecule has 2 aromatic rings. The van der Waals surface area contributed by atoms with Crippen molar-refractivity contribution < 1.29 is 9.59 Å². The van der Waals surface area contributed by atoms with Crippen molar-refractivity contribution in [1.29, 1.82) is 0 Å². The lowest BCUT2D eigenvalue weighted by Gasteiger charge is -2.24. The van der Waals surface area contributed by atoms with Gasteiger partial charge >= 0.3 is 6.03 Å². The van der Waals surface area contributed by atoms with Crippen LogP contribution in [0.2, 0.25) is 0 Å². The molecular weight excluding hydrogens is 290 g/mol. The number of hydrogen-bond donors (Lipinski definition) is 2. The number of likely N-dealkylation sites (N-methyl/N-ethyl adjacent to an activating group) is 1. The summed E-state index contributed by atoms with van der Waals surface area (Å²) in [6, 6.07) is 14.4. The highest BCUT2D eigenvalue weighted by atomic mass is 16.2. The van der Waals surface area contributed by atoms with Crippen LogP contribution in [0.25, 0.3) is 0 Å². The summed E-state index contributed by atoms with van der Waals surface area (Å²) in [5.41, 5.74) is 3.62. The smallest absolute Gasteiger partial charge is 0.327 e. The summed E-state index contributed by atoms with van der Waals surface area (Å²) in [6.07, 6.45) is 0.525. The zero-order valence-electron chi connectivity index (χ0n) is 13.2. The molecule has 1 heterocycles. The van der Waals surface area contributed by atoms with Gasteiger partial charge in [0.05, 0.1) is 0 Å². The zero-order valence-corrected chi connectivity index (χ0v) is 13.2. The molecule has 3 amide bonds. The Hall–Kier alpha value is -2.82. The third-order valence-electron chi connectivity index (χ3n) is 4.05. The number of aryl methyl sites for hydroxylation is 1. The van der Waals surface area contributed by atoms with E-state index in [9.17, 15) is 9.59 Å². The van der Waals surface area contributed by atoms with E-state index < -0.39 is 6.04 Å². The summed E-state index contributed by atoms with van der Waals surface area (Å²) >= 11 is 0. The monoisotopic (exact) mass is 309 g/mol. The summed E-state index contributed by atoms with van der Waals surface area (Å²) in [6.45, 7) is 1.99. The molecule has 118 valence electrons. The molecule has 0 bridgehead atoms. The maximum Gasteiger partial charge on any atom is 0.327 e. The first-order valence-corrected chi connectivity index (χ1v) is 7.56. The molecule has 2 N–H and O–H groups in total. The fourth-order valence-corrected chi connectivity index (χ4v) is 2.83. The third kappa shape index (κ3) is 2.90. The van der Waals surface area contributed by atoms with Crippen LogP contribution in [-0.2, 0) is 11.2 Å². The number of para-hydroxylation sites is 1. The van der Waals surface area contributed by atoms with Crippen LogP contribution in [0.5, 0.6) is 0 Å². The van der Waals surface area contributed by atoms with E-state index in [0.29, 0.717) is 12.1 Å². The SMILES string of the molecule is CNC(=O)[C@H]1Cc2ccccc2N1C(=O)Nc1ccc(C)cc1. The third-order valence-corrected chi connectivity index (χ3v) is 4.05. The average Bonchev–Trinajstić information content (AvgIpc) is 2.95. The van der Waals surface area contributed by atoms with E-state index in [1.165, 1.54) is 4.90 Å². The highest BCUT2D eigenvalue weighted by molar-refractivity contribution is 6.08. The van der Waals surface area contributed by atoms with Crippen molar-refractivity contribution in [2.75, 3.05) is 17.3 Å². The van der Waals surface area contributed by atoms with Crippen LogP contribution in [0.1, 0.15) is 11.1 Å². The second-order valence-corrected chi connectivity index (χ2v) is 5.63. The van der Waals surface area contributed by atoms with Crippen LogP contribution >= 0.6 is 0 Å². The van der Waals surface area contributed by atoms with Crippen molar-refractivity contribution in [2.24, 2.45) is 0 Å². The van der Waals surface area contributed by atoms with Gasteiger partial charge in [-0.15, -0.1) is 0 Å². The van der Waals surface area contributed by atoms with Gasteiger partial charge in [-0.05, 0) is 30.7 Å². The van der Waals surface area contributed by atoms with Gasteiger partial charge in [0.25, 0.3) is 0 Å². The molecule has 2 aromatic carbocycles. The molecule has 0 aliphatic carbocycles. The summed E-state index contributed by atoms with van der Waals surface area (Å²) in [5.74, 6) is -0.166. The topological polar surface area (TPSA) is 61.4 Å². The molecule has 3 rings (SSSR count). The lowest BCUT2D eigenvalue weighted by atomic mass is 10.1. The number of hydrogen-bond acceptors (Lipinski definition) is 2. The van der Waals surface area contributed by atoms with Crippen molar-refractivity contribution in [3.8, 4) is 0 Å². The fraction of sp³-hybridized carbons (Fsp3) is 0.222. The van der Waals surface area contributed by atoms with Gasteiger partial charge in [-0.25, -0.2) is 4.79 Å². The van der Waals surface area contributed by atoms with Crippen molar-refractivity contribution in [3.05, 3.63) is 59.7 Å². The minimum atomic E-state index is -0.525. The molecule has 0 radical (unpaired) electrons. The highest BCUT2D eigenvalue weighted by Crippen LogP contribution is 2.32. The molecule has 1 aliphatic rings.